The number of hydrogen-bond donors (Lipinski definition) is 0. The van der Waals surface area contributed by atoms with Gasteiger partial charge in [-0.3, -0.25) is 0 Å². The van der Waals surface area contributed by atoms with Gasteiger partial charge in [0.25, 0.3) is 0 Å². The number of aryl methyl sites for hydroxylation is 1. The molecule has 0 heterocycles. The van der Waals surface area contributed by atoms with Gasteiger partial charge >= 0.3 is 0 Å². The minimum atomic E-state index is 0.294. The van der Waals surface area contributed by atoms with E-state index in [4.69, 9.17) is 0 Å². The molecule has 1 aliphatic rings. The Kier molecular flexibility index (Phi) is 2.02. The number of allylic oxidation sites excluding steroid dienone is 1. The highest BCUT2D eigenvalue weighted by atomic mass is 14.3. The van der Waals surface area contributed by atoms with Crippen LogP contribution in [0, 0.1) is 12.3 Å². The van der Waals surface area contributed by atoms with E-state index in [0.717, 1.165) is 0 Å². The predicted octanol–water partition coefficient (Wildman–Crippen LogP) is 4.15. The zero-order valence-electron chi connectivity index (χ0n) is 9.46. The van der Waals surface area contributed by atoms with Gasteiger partial charge in [0.15, 0.2) is 0 Å². The Morgan fingerprint density at radius 1 is 1.21 bits per heavy atom. The van der Waals surface area contributed by atoms with Crippen molar-refractivity contribution < 1.29 is 0 Å². The summed E-state index contributed by atoms with van der Waals surface area (Å²) in [7, 11) is 0. The number of rotatable bonds is 0. The van der Waals surface area contributed by atoms with Gasteiger partial charge in [0, 0.05) is 0 Å². The van der Waals surface area contributed by atoms with Crippen molar-refractivity contribution in [2.45, 2.75) is 33.6 Å². The fourth-order valence-corrected chi connectivity index (χ4v) is 2.08. The first kappa shape index (κ1) is 9.51. The molecule has 0 heteroatoms. The van der Waals surface area contributed by atoms with Gasteiger partial charge in [0.05, 0.1) is 0 Å². The molecular formula is C14H18. The minimum Gasteiger partial charge on any atom is -0.0777 e. The van der Waals surface area contributed by atoms with Gasteiger partial charge in [-0.15, -0.1) is 0 Å². The smallest absolute Gasteiger partial charge is 0.00984 e. The van der Waals surface area contributed by atoms with Gasteiger partial charge in [0.2, 0.25) is 0 Å². The Morgan fingerprint density at radius 2 is 1.93 bits per heavy atom. The molecule has 0 saturated carbocycles. The van der Waals surface area contributed by atoms with E-state index >= 15 is 0 Å². The molecule has 0 nitrogen and oxygen atoms in total. The fraction of sp³-hybridized carbons (Fsp3) is 0.429. The summed E-state index contributed by atoms with van der Waals surface area (Å²) in [5.41, 5.74) is 4.53. The Morgan fingerprint density at radius 3 is 2.64 bits per heavy atom. The van der Waals surface area contributed by atoms with Crippen molar-refractivity contribution in [3.8, 4) is 0 Å². The second-order valence-corrected chi connectivity index (χ2v) is 5.01. The Labute approximate surface area is 86.7 Å². The maximum atomic E-state index is 2.33. The topological polar surface area (TPSA) is 0 Å². The lowest BCUT2D eigenvalue weighted by molar-refractivity contribution is 0.392. The van der Waals surface area contributed by atoms with Crippen molar-refractivity contribution in [2.75, 3.05) is 0 Å². The molecule has 74 valence electrons. The van der Waals surface area contributed by atoms with Gasteiger partial charge in [-0.25, -0.2) is 0 Å². The maximum absolute atomic E-state index is 2.33. The maximum Gasteiger partial charge on any atom is -0.00984 e. The molecule has 0 N–H and O–H groups in total. The first-order valence-corrected chi connectivity index (χ1v) is 5.30. The second-order valence-electron chi connectivity index (χ2n) is 5.01. The molecule has 0 aliphatic heterocycles. The molecule has 0 spiro atoms. The molecule has 0 amide bonds. The van der Waals surface area contributed by atoms with Crippen LogP contribution in [0.4, 0.5) is 0 Å². The van der Waals surface area contributed by atoms with Crippen LogP contribution in [-0.4, -0.2) is 0 Å². The molecule has 14 heavy (non-hydrogen) atoms. The number of hydrogen-bond acceptors (Lipinski definition) is 0. The van der Waals surface area contributed by atoms with Crippen molar-refractivity contribution in [1.82, 2.24) is 0 Å². The lowest BCUT2D eigenvalue weighted by atomic mass is 9.71. The van der Waals surface area contributed by atoms with E-state index in [1.807, 2.05) is 0 Å². The molecule has 0 radical (unpaired) electrons. The van der Waals surface area contributed by atoms with Crippen molar-refractivity contribution in [3.63, 3.8) is 0 Å². The molecule has 1 aromatic rings. The van der Waals surface area contributed by atoms with E-state index in [-0.39, 0.29) is 0 Å². The highest BCUT2D eigenvalue weighted by Gasteiger charge is 2.28. The molecule has 0 bridgehead atoms. The minimum absolute atomic E-state index is 0.294. The third-order valence-corrected chi connectivity index (χ3v) is 3.52. The predicted molar refractivity (Wildman–Crippen MR) is 62.4 cm³/mol. The molecule has 0 aromatic heterocycles. The third kappa shape index (κ3) is 1.39. The standard InChI is InChI=1S/C14H18/c1-10-5-6-13-11(2)14(3,4)8-7-12(13)9-10/h5-9,11H,1-4H3. The van der Waals surface area contributed by atoms with Crippen molar-refractivity contribution in [1.29, 1.82) is 0 Å². The summed E-state index contributed by atoms with van der Waals surface area (Å²) in [6, 6.07) is 6.77. The van der Waals surface area contributed by atoms with Crippen LogP contribution >= 0.6 is 0 Å². The van der Waals surface area contributed by atoms with Crippen LogP contribution < -0.4 is 0 Å². The van der Waals surface area contributed by atoms with Crippen LogP contribution in [0.1, 0.15) is 43.4 Å². The van der Waals surface area contributed by atoms with Gasteiger partial charge in [0.1, 0.15) is 0 Å². The SMILES string of the molecule is Cc1ccc2c(c1)C=CC(C)(C)C2C. The number of benzene rings is 1. The zero-order valence-corrected chi connectivity index (χ0v) is 9.46. The molecule has 0 fully saturated rings. The normalized spacial score (nSPS) is 23.3. The first-order chi connectivity index (χ1) is 6.50. The van der Waals surface area contributed by atoms with Gasteiger partial charge < -0.3 is 0 Å². The molecule has 1 aliphatic carbocycles. The summed E-state index contributed by atoms with van der Waals surface area (Å²) < 4.78 is 0. The van der Waals surface area contributed by atoms with E-state index < -0.39 is 0 Å². The van der Waals surface area contributed by atoms with Gasteiger partial charge in [-0.1, -0.05) is 56.7 Å². The van der Waals surface area contributed by atoms with Gasteiger partial charge in [-0.05, 0) is 29.4 Å². The van der Waals surface area contributed by atoms with E-state index in [1.54, 1.807) is 0 Å². The molecule has 0 saturated heterocycles. The second kappa shape index (κ2) is 2.98. The van der Waals surface area contributed by atoms with Crippen LogP contribution in [0.3, 0.4) is 0 Å². The van der Waals surface area contributed by atoms with Crippen molar-refractivity contribution >= 4 is 6.08 Å². The van der Waals surface area contributed by atoms with E-state index in [9.17, 15) is 0 Å². The Hall–Kier alpha value is -1.04. The highest BCUT2D eigenvalue weighted by molar-refractivity contribution is 5.60. The average molecular weight is 186 g/mol. The summed E-state index contributed by atoms with van der Waals surface area (Å²) in [4.78, 5) is 0. The lowest BCUT2D eigenvalue weighted by Gasteiger charge is -2.33. The monoisotopic (exact) mass is 186 g/mol. The summed E-state index contributed by atoms with van der Waals surface area (Å²) >= 11 is 0. The van der Waals surface area contributed by atoms with Crippen molar-refractivity contribution in [3.05, 3.63) is 41.0 Å². The summed E-state index contributed by atoms with van der Waals surface area (Å²) in [5, 5.41) is 0. The van der Waals surface area contributed by atoms with Crippen LogP contribution in [-0.2, 0) is 0 Å². The number of fused-ring (bicyclic) bond motifs is 1. The average Bonchev–Trinajstić information content (AvgIpc) is 2.12. The van der Waals surface area contributed by atoms with Crippen LogP contribution in [0.2, 0.25) is 0 Å². The van der Waals surface area contributed by atoms with E-state index in [2.05, 4.69) is 58.0 Å². The molecular weight excluding hydrogens is 168 g/mol. The lowest BCUT2D eigenvalue weighted by Crippen LogP contribution is -2.20. The zero-order chi connectivity index (χ0) is 10.3. The van der Waals surface area contributed by atoms with Crippen LogP contribution in [0.25, 0.3) is 6.08 Å². The summed E-state index contributed by atoms with van der Waals surface area (Å²) in [5.74, 6) is 0.614. The van der Waals surface area contributed by atoms with Crippen LogP contribution in [0.15, 0.2) is 24.3 Å². The highest BCUT2D eigenvalue weighted by Crippen LogP contribution is 2.42. The van der Waals surface area contributed by atoms with Gasteiger partial charge in [-0.2, -0.15) is 0 Å². The molecule has 1 unspecified atom stereocenters. The summed E-state index contributed by atoms with van der Waals surface area (Å²) in [6.07, 6.45) is 4.60. The molecule has 1 atom stereocenters. The Balaban J connectivity index is 2.55. The molecule has 1 aromatic carbocycles. The van der Waals surface area contributed by atoms with Crippen LogP contribution in [0.5, 0.6) is 0 Å². The van der Waals surface area contributed by atoms with E-state index in [1.165, 1.54) is 16.7 Å². The fourth-order valence-electron chi connectivity index (χ4n) is 2.08. The van der Waals surface area contributed by atoms with Crippen molar-refractivity contribution in [2.24, 2.45) is 5.41 Å². The Bertz CT molecular complexity index is 383. The van der Waals surface area contributed by atoms with E-state index in [0.29, 0.717) is 11.3 Å². The first-order valence-electron chi connectivity index (χ1n) is 5.30. The largest absolute Gasteiger partial charge is 0.0777 e. The quantitative estimate of drug-likeness (QED) is 0.571. The third-order valence-electron chi connectivity index (χ3n) is 3.52. The summed E-state index contributed by atoms with van der Waals surface area (Å²) in [6.45, 7) is 9.07. The molecule has 2 rings (SSSR count).